The van der Waals surface area contributed by atoms with Crippen molar-refractivity contribution in [2.24, 2.45) is 11.8 Å². The predicted octanol–water partition coefficient (Wildman–Crippen LogP) is 4.32. The predicted molar refractivity (Wildman–Crippen MR) is 85.9 cm³/mol. The number of hydrogen-bond acceptors (Lipinski definition) is 2. The van der Waals surface area contributed by atoms with Crippen LogP contribution in [0.2, 0.25) is 10.0 Å². The largest absolute Gasteiger partial charge is 0.481 e. The number of carboxylic acid groups (broad SMARTS) is 1. The van der Waals surface area contributed by atoms with Crippen LogP contribution in [-0.4, -0.2) is 29.1 Å². The number of likely N-dealkylation sites (tertiary alicyclic amines) is 1. The zero-order chi connectivity index (χ0) is 15.4. The van der Waals surface area contributed by atoms with Crippen molar-refractivity contribution in [1.82, 2.24) is 4.90 Å². The third-order valence-corrected chi connectivity index (χ3v) is 4.84. The summed E-state index contributed by atoms with van der Waals surface area (Å²) in [6.45, 7) is 4.81. The van der Waals surface area contributed by atoms with Crippen LogP contribution in [0, 0.1) is 11.8 Å². The second-order valence-corrected chi connectivity index (χ2v) is 6.79. The van der Waals surface area contributed by atoms with E-state index in [1.165, 1.54) is 0 Å². The SMILES string of the molecule is CC(CC(=O)O)C1CCCN(Cc2ccc(Cl)cc2Cl)C1. The van der Waals surface area contributed by atoms with E-state index < -0.39 is 5.97 Å². The lowest BCUT2D eigenvalue weighted by Gasteiger charge is -2.35. The molecule has 1 aromatic carbocycles. The molecule has 0 aromatic heterocycles. The Kier molecular flexibility index (Phi) is 5.91. The van der Waals surface area contributed by atoms with Gasteiger partial charge in [0.25, 0.3) is 0 Å². The normalized spacial score (nSPS) is 21.2. The van der Waals surface area contributed by atoms with Gasteiger partial charge in [-0.05, 0) is 48.9 Å². The fraction of sp³-hybridized carbons (Fsp3) is 0.562. The molecule has 1 aromatic rings. The Morgan fingerprint density at radius 3 is 2.90 bits per heavy atom. The number of carboxylic acids is 1. The Morgan fingerprint density at radius 2 is 2.24 bits per heavy atom. The minimum atomic E-state index is -0.708. The summed E-state index contributed by atoms with van der Waals surface area (Å²) < 4.78 is 0. The van der Waals surface area contributed by atoms with Gasteiger partial charge in [-0.2, -0.15) is 0 Å². The van der Waals surface area contributed by atoms with E-state index in [0.29, 0.717) is 16.0 Å². The van der Waals surface area contributed by atoms with E-state index in [2.05, 4.69) is 4.90 Å². The number of hydrogen-bond donors (Lipinski definition) is 1. The molecule has 3 nitrogen and oxygen atoms in total. The van der Waals surface area contributed by atoms with Crippen molar-refractivity contribution in [2.75, 3.05) is 13.1 Å². The summed E-state index contributed by atoms with van der Waals surface area (Å²) in [5.74, 6) is -0.0488. The molecule has 1 aliphatic heterocycles. The van der Waals surface area contributed by atoms with Crippen molar-refractivity contribution in [2.45, 2.75) is 32.7 Å². The van der Waals surface area contributed by atoms with Gasteiger partial charge in [-0.15, -0.1) is 0 Å². The van der Waals surface area contributed by atoms with E-state index in [1.54, 1.807) is 6.07 Å². The highest BCUT2D eigenvalue weighted by atomic mass is 35.5. The van der Waals surface area contributed by atoms with Gasteiger partial charge in [-0.1, -0.05) is 36.2 Å². The van der Waals surface area contributed by atoms with Gasteiger partial charge in [0.05, 0.1) is 0 Å². The molecule has 0 amide bonds. The third-order valence-electron chi connectivity index (χ3n) is 4.25. The average Bonchev–Trinajstić information content (AvgIpc) is 2.41. The highest BCUT2D eigenvalue weighted by Gasteiger charge is 2.26. The molecule has 1 saturated heterocycles. The van der Waals surface area contributed by atoms with Crippen molar-refractivity contribution in [3.63, 3.8) is 0 Å². The topological polar surface area (TPSA) is 40.5 Å². The van der Waals surface area contributed by atoms with Crippen LogP contribution >= 0.6 is 23.2 Å². The van der Waals surface area contributed by atoms with E-state index in [0.717, 1.165) is 38.0 Å². The molecule has 116 valence electrons. The van der Waals surface area contributed by atoms with E-state index >= 15 is 0 Å². The molecule has 0 spiro atoms. The maximum absolute atomic E-state index is 10.9. The molecule has 0 saturated carbocycles. The van der Waals surface area contributed by atoms with E-state index in [1.807, 2.05) is 19.1 Å². The summed E-state index contributed by atoms with van der Waals surface area (Å²) >= 11 is 12.1. The fourth-order valence-corrected chi connectivity index (χ4v) is 3.50. The number of rotatable bonds is 5. The first kappa shape index (κ1) is 16.6. The van der Waals surface area contributed by atoms with Crippen LogP contribution in [0.5, 0.6) is 0 Å². The van der Waals surface area contributed by atoms with Crippen molar-refractivity contribution in [1.29, 1.82) is 0 Å². The third kappa shape index (κ3) is 4.87. The molecule has 21 heavy (non-hydrogen) atoms. The quantitative estimate of drug-likeness (QED) is 0.874. The first-order valence-corrected chi connectivity index (χ1v) is 8.09. The van der Waals surface area contributed by atoms with Crippen LogP contribution in [-0.2, 0) is 11.3 Å². The Hall–Kier alpha value is -0.770. The number of benzene rings is 1. The van der Waals surface area contributed by atoms with Gasteiger partial charge in [0.2, 0.25) is 0 Å². The molecule has 1 aliphatic rings. The second-order valence-electron chi connectivity index (χ2n) is 5.95. The average molecular weight is 330 g/mol. The molecule has 1 fully saturated rings. The number of carbonyl (C=O) groups is 1. The minimum Gasteiger partial charge on any atom is -0.481 e. The second kappa shape index (κ2) is 7.48. The van der Waals surface area contributed by atoms with Gasteiger partial charge in [-0.25, -0.2) is 0 Å². The van der Waals surface area contributed by atoms with Crippen molar-refractivity contribution >= 4 is 29.2 Å². The summed E-state index contributed by atoms with van der Waals surface area (Å²) in [6, 6.07) is 5.60. The fourth-order valence-electron chi connectivity index (χ4n) is 3.03. The van der Waals surface area contributed by atoms with Gasteiger partial charge in [0.1, 0.15) is 0 Å². The number of aliphatic carboxylic acids is 1. The standard InChI is InChI=1S/C16H21Cl2NO2/c1-11(7-16(20)21)12-3-2-6-19(9-12)10-13-4-5-14(17)8-15(13)18/h4-5,8,11-12H,2-3,6-7,9-10H2,1H3,(H,20,21). The zero-order valence-corrected chi connectivity index (χ0v) is 13.7. The van der Waals surface area contributed by atoms with Gasteiger partial charge in [0.15, 0.2) is 0 Å². The highest BCUT2D eigenvalue weighted by molar-refractivity contribution is 6.35. The molecular weight excluding hydrogens is 309 g/mol. The maximum Gasteiger partial charge on any atom is 0.303 e. The Balaban J connectivity index is 1.96. The monoisotopic (exact) mass is 329 g/mol. The molecular formula is C16H21Cl2NO2. The van der Waals surface area contributed by atoms with Crippen LogP contribution in [0.3, 0.4) is 0 Å². The summed E-state index contributed by atoms with van der Waals surface area (Å²) in [6.07, 6.45) is 2.47. The molecule has 0 radical (unpaired) electrons. The van der Waals surface area contributed by atoms with Crippen LogP contribution in [0.1, 0.15) is 31.7 Å². The van der Waals surface area contributed by atoms with Crippen LogP contribution in [0.25, 0.3) is 0 Å². The Bertz CT molecular complexity index is 507. The summed E-state index contributed by atoms with van der Waals surface area (Å²) in [4.78, 5) is 13.2. The zero-order valence-electron chi connectivity index (χ0n) is 12.2. The summed E-state index contributed by atoms with van der Waals surface area (Å²) in [5, 5.41) is 10.3. The molecule has 1 heterocycles. The smallest absolute Gasteiger partial charge is 0.303 e. The van der Waals surface area contributed by atoms with E-state index in [4.69, 9.17) is 28.3 Å². The Morgan fingerprint density at radius 1 is 1.48 bits per heavy atom. The minimum absolute atomic E-state index is 0.214. The highest BCUT2D eigenvalue weighted by Crippen LogP contribution is 2.28. The lowest BCUT2D eigenvalue weighted by atomic mass is 9.84. The van der Waals surface area contributed by atoms with Crippen LogP contribution in [0.4, 0.5) is 0 Å². The first-order valence-electron chi connectivity index (χ1n) is 7.33. The molecule has 1 N–H and O–H groups in total. The summed E-state index contributed by atoms with van der Waals surface area (Å²) in [5.41, 5.74) is 1.08. The number of piperidine rings is 1. The van der Waals surface area contributed by atoms with Crippen molar-refractivity contribution in [3.05, 3.63) is 33.8 Å². The Labute approximate surface area is 135 Å². The van der Waals surface area contributed by atoms with Gasteiger partial charge >= 0.3 is 5.97 Å². The van der Waals surface area contributed by atoms with Crippen LogP contribution < -0.4 is 0 Å². The molecule has 2 atom stereocenters. The van der Waals surface area contributed by atoms with Crippen LogP contribution in [0.15, 0.2) is 18.2 Å². The van der Waals surface area contributed by atoms with Gasteiger partial charge in [-0.3, -0.25) is 9.69 Å². The molecule has 0 aliphatic carbocycles. The lowest BCUT2D eigenvalue weighted by Crippen LogP contribution is -2.37. The van der Waals surface area contributed by atoms with Crippen molar-refractivity contribution < 1.29 is 9.90 Å². The molecule has 2 unspecified atom stereocenters. The first-order chi connectivity index (χ1) is 9.95. The summed E-state index contributed by atoms with van der Waals surface area (Å²) in [7, 11) is 0. The van der Waals surface area contributed by atoms with Gasteiger partial charge < -0.3 is 5.11 Å². The van der Waals surface area contributed by atoms with Crippen molar-refractivity contribution in [3.8, 4) is 0 Å². The molecule has 2 rings (SSSR count). The maximum atomic E-state index is 10.9. The molecule has 5 heteroatoms. The molecule has 0 bridgehead atoms. The van der Waals surface area contributed by atoms with Gasteiger partial charge in [0, 0.05) is 29.6 Å². The van der Waals surface area contributed by atoms with E-state index in [9.17, 15) is 4.79 Å². The van der Waals surface area contributed by atoms with E-state index in [-0.39, 0.29) is 12.3 Å². The lowest BCUT2D eigenvalue weighted by molar-refractivity contribution is -0.138. The number of nitrogens with zero attached hydrogens (tertiary/aromatic N) is 1. The number of halogens is 2.